The van der Waals surface area contributed by atoms with Crippen molar-refractivity contribution in [2.45, 2.75) is 25.5 Å². The minimum Gasteiger partial charge on any atom is -0.481 e. The number of para-hydroxylation sites is 1. The number of hydrogen-bond donors (Lipinski definition) is 1. The fourth-order valence-electron chi connectivity index (χ4n) is 2.87. The summed E-state index contributed by atoms with van der Waals surface area (Å²) in [6, 6.07) is 29.2. The lowest BCUT2D eigenvalue weighted by molar-refractivity contribution is -0.128. The van der Waals surface area contributed by atoms with E-state index in [0.717, 1.165) is 11.1 Å². The smallest absolute Gasteiger partial charge is 0.261 e. The number of carbonyl (C=O) groups is 1. The van der Waals surface area contributed by atoms with E-state index in [1.165, 1.54) is 0 Å². The van der Waals surface area contributed by atoms with E-state index >= 15 is 0 Å². The molecule has 3 rings (SSSR count). The number of hydrogen-bond acceptors (Lipinski definition) is 2. The first-order chi connectivity index (χ1) is 12.8. The third kappa shape index (κ3) is 4.51. The average Bonchev–Trinajstić information content (AvgIpc) is 2.72. The Morgan fingerprint density at radius 2 is 1.27 bits per heavy atom. The molecule has 1 amide bonds. The highest BCUT2D eigenvalue weighted by molar-refractivity contribution is 5.82. The van der Waals surface area contributed by atoms with Crippen molar-refractivity contribution in [2.24, 2.45) is 0 Å². The molecular formula is C23H23NO2. The summed E-state index contributed by atoms with van der Waals surface area (Å²) in [6.45, 7) is 1.95. The Hall–Kier alpha value is -3.07. The van der Waals surface area contributed by atoms with Crippen molar-refractivity contribution >= 4 is 5.91 Å². The van der Waals surface area contributed by atoms with Crippen LogP contribution < -0.4 is 10.1 Å². The van der Waals surface area contributed by atoms with E-state index in [1.54, 1.807) is 0 Å². The molecule has 0 bridgehead atoms. The topological polar surface area (TPSA) is 38.3 Å². The minimum absolute atomic E-state index is 0.117. The van der Waals surface area contributed by atoms with E-state index < -0.39 is 6.10 Å². The van der Waals surface area contributed by atoms with Gasteiger partial charge in [0.1, 0.15) is 5.75 Å². The van der Waals surface area contributed by atoms with Gasteiger partial charge < -0.3 is 10.1 Å². The van der Waals surface area contributed by atoms with Gasteiger partial charge in [0.25, 0.3) is 5.91 Å². The van der Waals surface area contributed by atoms with Crippen molar-refractivity contribution in [1.82, 2.24) is 5.32 Å². The first kappa shape index (κ1) is 17.7. The second kappa shape index (κ2) is 8.86. The molecule has 0 spiro atoms. The summed E-state index contributed by atoms with van der Waals surface area (Å²) in [5.74, 6) is 0.583. The molecule has 3 aromatic rings. The molecule has 26 heavy (non-hydrogen) atoms. The van der Waals surface area contributed by atoms with Crippen LogP contribution in [-0.2, 0) is 4.79 Å². The molecule has 1 N–H and O–H groups in total. The lowest BCUT2D eigenvalue weighted by Gasteiger charge is -2.23. The maximum absolute atomic E-state index is 12.9. The molecule has 0 fully saturated rings. The summed E-state index contributed by atoms with van der Waals surface area (Å²) >= 11 is 0. The van der Waals surface area contributed by atoms with Crippen molar-refractivity contribution < 1.29 is 9.53 Å². The van der Waals surface area contributed by atoms with E-state index in [2.05, 4.69) is 5.32 Å². The molecule has 1 atom stereocenters. The fourth-order valence-corrected chi connectivity index (χ4v) is 2.87. The maximum Gasteiger partial charge on any atom is 0.261 e. The Labute approximate surface area is 154 Å². The summed E-state index contributed by atoms with van der Waals surface area (Å²) in [5, 5.41) is 3.16. The zero-order chi connectivity index (χ0) is 18.2. The van der Waals surface area contributed by atoms with E-state index in [0.29, 0.717) is 12.2 Å². The molecule has 0 radical (unpaired) electrons. The van der Waals surface area contributed by atoms with Gasteiger partial charge in [-0.15, -0.1) is 0 Å². The zero-order valence-corrected chi connectivity index (χ0v) is 14.8. The van der Waals surface area contributed by atoms with E-state index in [4.69, 9.17) is 4.74 Å². The molecule has 3 heteroatoms. The van der Waals surface area contributed by atoms with Crippen LogP contribution in [0.1, 0.15) is 30.5 Å². The summed E-state index contributed by atoms with van der Waals surface area (Å²) in [4.78, 5) is 12.9. The normalized spacial score (nSPS) is 11.8. The summed E-state index contributed by atoms with van der Waals surface area (Å²) in [7, 11) is 0. The van der Waals surface area contributed by atoms with Gasteiger partial charge in [-0.3, -0.25) is 4.79 Å². The van der Waals surface area contributed by atoms with Crippen molar-refractivity contribution in [1.29, 1.82) is 0 Å². The van der Waals surface area contributed by atoms with Gasteiger partial charge in [0.15, 0.2) is 6.10 Å². The molecule has 0 aliphatic heterocycles. The molecule has 0 saturated heterocycles. The van der Waals surface area contributed by atoms with Gasteiger partial charge in [0.2, 0.25) is 0 Å². The van der Waals surface area contributed by atoms with Crippen LogP contribution in [-0.4, -0.2) is 12.0 Å². The van der Waals surface area contributed by atoms with Crippen LogP contribution in [0.15, 0.2) is 91.0 Å². The standard InChI is InChI=1S/C23H23NO2/c1-2-21(26-20-16-10-5-11-17-20)23(25)24-22(18-12-6-3-7-13-18)19-14-8-4-9-15-19/h3-17,21-22H,2H2,1H3,(H,24,25)/t21-/m1/s1. The van der Waals surface area contributed by atoms with Gasteiger partial charge in [-0.05, 0) is 29.7 Å². The number of nitrogens with one attached hydrogen (secondary N) is 1. The van der Waals surface area contributed by atoms with Crippen LogP contribution in [0, 0.1) is 0 Å². The molecule has 0 aromatic heterocycles. The number of amides is 1. The molecular weight excluding hydrogens is 322 g/mol. The van der Waals surface area contributed by atoms with Crippen molar-refractivity contribution in [3.05, 3.63) is 102 Å². The lowest BCUT2D eigenvalue weighted by Crippen LogP contribution is -2.40. The molecule has 0 aliphatic carbocycles. The fraction of sp³-hybridized carbons (Fsp3) is 0.174. The predicted molar refractivity (Wildman–Crippen MR) is 104 cm³/mol. The lowest BCUT2D eigenvalue weighted by atomic mass is 9.98. The molecule has 0 aliphatic rings. The average molecular weight is 345 g/mol. The van der Waals surface area contributed by atoms with Crippen LogP contribution >= 0.6 is 0 Å². The molecule has 3 aromatic carbocycles. The summed E-state index contributed by atoms with van der Waals surface area (Å²) in [5.41, 5.74) is 2.09. The monoisotopic (exact) mass is 345 g/mol. The van der Waals surface area contributed by atoms with Crippen LogP contribution in [0.25, 0.3) is 0 Å². The number of rotatable bonds is 7. The van der Waals surface area contributed by atoms with Gasteiger partial charge in [-0.1, -0.05) is 85.8 Å². The minimum atomic E-state index is -0.535. The van der Waals surface area contributed by atoms with Crippen LogP contribution in [0.4, 0.5) is 0 Å². The third-order valence-electron chi connectivity index (χ3n) is 4.24. The van der Waals surface area contributed by atoms with Crippen LogP contribution in [0.2, 0.25) is 0 Å². The first-order valence-corrected chi connectivity index (χ1v) is 8.90. The number of carbonyl (C=O) groups excluding carboxylic acids is 1. The predicted octanol–water partition coefficient (Wildman–Crippen LogP) is 4.75. The largest absolute Gasteiger partial charge is 0.481 e. The van der Waals surface area contributed by atoms with Gasteiger partial charge in [-0.25, -0.2) is 0 Å². The van der Waals surface area contributed by atoms with Gasteiger partial charge in [0.05, 0.1) is 6.04 Å². The zero-order valence-electron chi connectivity index (χ0n) is 14.8. The molecule has 0 saturated carbocycles. The Kier molecular flexibility index (Phi) is 6.05. The number of benzene rings is 3. The highest BCUT2D eigenvalue weighted by Crippen LogP contribution is 2.22. The Morgan fingerprint density at radius 3 is 1.73 bits per heavy atom. The molecule has 0 heterocycles. The van der Waals surface area contributed by atoms with Gasteiger partial charge in [0, 0.05) is 0 Å². The second-order valence-electron chi connectivity index (χ2n) is 6.09. The molecule has 3 nitrogen and oxygen atoms in total. The first-order valence-electron chi connectivity index (χ1n) is 8.90. The van der Waals surface area contributed by atoms with E-state index in [1.807, 2.05) is 97.9 Å². The van der Waals surface area contributed by atoms with Crippen molar-refractivity contribution in [3.8, 4) is 5.75 Å². The number of ether oxygens (including phenoxy) is 1. The van der Waals surface area contributed by atoms with Crippen molar-refractivity contribution in [3.63, 3.8) is 0 Å². The van der Waals surface area contributed by atoms with Crippen LogP contribution in [0.5, 0.6) is 5.75 Å². The van der Waals surface area contributed by atoms with Gasteiger partial charge >= 0.3 is 0 Å². The second-order valence-corrected chi connectivity index (χ2v) is 6.09. The van der Waals surface area contributed by atoms with E-state index in [9.17, 15) is 4.79 Å². The Bertz CT molecular complexity index is 764. The van der Waals surface area contributed by atoms with Crippen LogP contribution in [0.3, 0.4) is 0 Å². The quantitative estimate of drug-likeness (QED) is 0.671. The highest BCUT2D eigenvalue weighted by Gasteiger charge is 2.23. The highest BCUT2D eigenvalue weighted by atomic mass is 16.5. The Morgan fingerprint density at radius 1 is 0.808 bits per heavy atom. The molecule has 132 valence electrons. The van der Waals surface area contributed by atoms with Gasteiger partial charge in [-0.2, -0.15) is 0 Å². The SMILES string of the molecule is CC[C@@H](Oc1ccccc1)C(=O)NC(c1ccccc1)c1ccccc1. The van der Waals surface area contributed by atoms with Crippen molar-refractivity contribution in [2.75, 3.05) is 0 Å². The third-order valence-corrected chi connectivity index (χ3v) is 4.24. The molecule has 0 unspecified atom stereocenters. The summed E-state index contributed by atoms with van der Waals surface area (Å²) < 4.78 is 5.89. The summed E-state index contributed by atoms with van der Waals surface area (Å²) in [6.07, 6.45) is 0.0594. The Balaban J connectivity index is 1.80. The maximum atomic E-state index is 12.9. The van der Waals surface area contributed by atoms with E-state index in [-0.39, 0.29) is 11.9 Å².